The van der Waals surface area contributed by atoms with Gasteiger partial charge in [0, 0.05) is 20.2 Å². The molecule has 0 aliphatic rings. The first-order valence-electron chi connectivity index (χ1n) is 10.7. The third-order valence-corrected chi connectivity index (χ3v) is 4.23. The lowest BCUT2D eigenvalue weighted by atomic mass is 9.77. The van der Waals surface area contributed by atoms with Crippen molar-refractivity contribution >= 4 is 0 Å². The highest BCUT2D eigenvalue weighted by Crippen LogP contribution is 2.33. The van der Waals surface area contributed by atoms with Crippen LogP contribution >= 0.6 is 0 Å². The number of methoxy groups -OCH3 is 1. The van der Waals surface area contributed by atoms with Crippen LogP contribution in [-0.2, 0) is 23.7 Å². The lowest BCUT2D eigenvalue weighted by Gasteiger charge is -2.32. The summed E-state index contributed by atoms with van der Waals surface area (Å²) in [6.07, 6.45) is 1.14. The van der Waals surface area contributed by atoms with Crippen LogP contribution in [0.5, 0.6) is 0 Å². The van der Waals surface area contributed by atoms with Crippen LogP contribution in [-0.4, -0.2) is 91.1 Å². The average Bonchev–Trinajstić information content (AvgIpc) is 2.59. The SMILES string of the molecule is CCN(CCOC)CCOCCOCCOCCOCC(C)(C)CC(C)(C)C. The van der Waals surface area contributed by atoms with Crippen LogP contribution in [0.2, 0.25) is 0 Å². The van der Waals surface area contributed by atoms with E-state index in [0.717, 1.165) is 45.9 Å². The Balaban J connectivity index is 3.38. The van der Waals surface area contributed by atoms with Crippen molar-refractivity contribution in [2.45, 2.75) is 48.0 Å². The van der Waals surface area contributed by atoms with Gasteiger partial charge in [0.05, 0.1) is 59.5 Å². The Hall–Kier alpha value is -0.240. The number of hydrogen-bond donors (Lipinski definition) is 0. The zero-order valence-electron chi connectivity index (χ0n) is 19.7. The third kappa shape index (κ3) is 19.1. The predicted octanol–water partition coefficient (Wildman–Crippen LogP) is 3.48. The molecule has 0 heterocycles. The quantitative estimate of drug-likeness (QED) is 0.307. The summed E-state index contributed by atoms with van der Waals surface area (Å²) >= 11 is 0. The van der Waals surface area contributed by atoms with Crippen LogP contribution in [0.1, 0.15) is 48.0 Å². The standard InChI is InChI=1S/C22H47NO5/c1-8-23(9-11-24-7)10-12-25-13-14-26-15-16-27-17-18-28-20-22(5,6)19-21(2,3)4/h8-20H2,1-7H3. The van der Waals surface area contributed by atoms with Gasteiger partial charge >= 0.3 is 0 Å². The number of hydrogen-bond acceptors (Lipinski definition) is 6. The molecule has 0 aliphatic heterocycles. The smallest absolute Gasteiger partial charge is 0.0701 e. The van der Waals surface area contributed by atoms with Crippen LogP contribution in [0, 0.1) is 10.8 Å². The first-order chi connectivity index (χ1) is 13.2. The van der Waals surface area contributed by atoms with E-state index < -0.39 is 0 Å². The summed E-state index contributed by atoms with van der Waals surface area (Å²) in [4.78, 5) is 2.31. The van der Waals surface area contributed by atoms with Gasteiger partial charge < -0.3 is 23.7 Å². The van der Waals surface area contributed by atoms with Gasteiger partial charge in [-0.05, 0) is 23.8 Å². The molecule has 0 fully saturated rings. The molecule has 6 nitrogen and oxygen atoms in total. The first-order valence-corrected chi connectivity index (χ1v) is 10.7. The molecule has 0 saturated carbocycles. The third-order valence-electron chi connectivity index (χ3n) is 4.23. The van der Waals surface area contributed by atoms with Crippen LogP contribution in [0.25, 0.3) is 0 Å². The lowest BCUT2D eigenvalue weighted by Crippen LogP contribution is -2.30. The van der Waals surface area contributed by atoms with E-state index in [1.165, 1.54) is 0 Å². The largest absolute Gasteiger partial charge is 0.383 e. The van der Waals surface area contributed by atoms with Gasteiger partial charge in [-0.2, -0.15) is 0 Å². The van der Waals surface area contributed by atoms with Crippen molar-refractivity contribution in [3.63, 3.8) is 0 Å². The molecule has 0 atom stereocenters. The fraction of sp³-hybridized carbons (Fsp3) is 1.00. The summed E-state index contributed by atoms with van der Waals surface area (Å²) in [6.45, 7) is 22.3. The number of rotatable bonds is 19. The molecule has 0 unspecified atom stereocenters. The van der Waals surface area contributed by atoms with Gasteiger partial charge in [-0.25, -0.2) is 0 Å². The molecule has 0 aromatic heterocycles. The van der Waals surface area contributed by atoms with Gasteiger partial charge in [-0.3, -0.25) is 4.90 Å². The molecule has 170 valence electrons. The van der Waals surface area contributed by atoms with Crippen molar-refractivity contribution in [1.82, 2.24) is 4.90 Å². The molecule has 0 amide bonds. The zero-order valence-corrected chi connectivity index (χ0v) is 19.7. The molecule has 28 heavy (non-hydrogen) atoms. The van der Waals surface area contributed by atoms with E-state index in [0.29, 0.717) is 45.1 Å². The Labute approximate surface area is 174 Å². The van der Waals surface area contributed by atoms with E-state index in [4.69, 9.17) is 23.7 Å². The molecule has 0 aromatic rings. The Kier molecular flexibility index (Phi) is 16.4. The van der Waals surface area contributed by atoms with Crippen LogP contribution in [0.3, 0.4) is 0 Å². The van der Waals surface area contributed by atoms with E-state index >= 15 is 0 Å². The molecule has 0 saturated heterocycles. The van der Waals surface area contributed by atoms with E-state index in [1.54, 1.807) is 7.11 Å². The maximum absolute atomic E-state index is 5.77. The minimum Gasteiger partial charge on any atom is -0.383 e. The maximum Gasteiger partial charge on any atom is 0.0701 e. The van der Waals surface area contributed by atoms with E-state index in [1.807, 2.05) is 0 Å². The second-order valence-electron chi connectivity index (χ2n) is 9.22. The second-order valence-corrected chi connectivity index (χ2v) is 9.22. The summed E-state index contributed by atoms with van der Waals surface area (Å²) in [5.74, 6) is 0. The van der Waals surface area contributed by atoms with E-state index in [9.17, 15) is 0 Å². The number of likely N-dealkylation sites (N-methyl/N-ethyl adjacent to an activating group) is 1. The lowest BCUT2D eigenvalue weighted by molar-refractivity contribution is -0.0186. The summed E-state index contributed by atoms with van der Waals surface area (Å²) in [6, 6.07) is 0. The maximum atomic E-state index is 5.77. The van der Waals surface area contributed by atoms with Gasteiger partial charge in [-0.15, -0.1) is 0 Å². The Morgan fingerprint density at radius 1 is 0.643 bits per heavy atom. The average molecular weight is 406 g/mol. The first kappa shape index (κ1) is 27.8. The highest BCUT2D eigenvalue weighted by atomic mass is 16.6. The van der Waals surface area contributed by atoms with Crippen molar-refractivity contribution in [3.05, 3.63) is 0 Å². The molecular formula is C22H47NO5. The summed E-state index contributed by atoms with van der Waals surface area (Å²) in [5.41, 5.74) is 0.517. The summed E-state index contributed by atoms with van der Waals surface area (Å²) in [7, 11) is 1.73. The normalized spacial score (nSPS) is 12.9. The fourth-order valence-corrected chi connectivity index (χ4v) is 3.34. The van der Waals surface area contributed by atoms with E-state index in [2.05, 4.69) is 46.4 Å². The monoisotopic (exact) mass is 405 g/mol. The molecule has 6 heteroatoms. The Morgan fingerprint density at radius 2 is 1.11 bits per heavy atom. The molecule has 0 aliphatic carbocycles. The summed E-state index contributed by atoms with van der Waals surface area (Å²) < 4.78 is 27.5. The van der Waals surface area contributed by atoms with Gasteiger partial charge in [-0.1, -0.05) is 41.5 Å². The predicted molar refractivity (Wildman–Crippen MR) is 115 cm³/mol. The zero-order chi connectivity index (χ0) is 21.3. The van der Waals surface area contributed by atoms with Crippen molar-refractivity contribution in [2.24, 2.45) is 10.8 Å². The second kappa shape index (κ2) is 16.5. The van der Waals surface area contributed by atoms with Crippen LogP contribution < -0.4 is 0 Å². The van der Waals surface area contributed by atoms with Gasteiger partial charge in [0.1, 0.15) is 0 Å². The van der Waals surface area contributed by atoms with E-state index in [-0.39, 0.29) is 5.41 Å². The molecule has 0 N–H and O–H groups in total. The Bertz CT molecular complexity index is 344. The van der Waals surface area contributed by atoms with Crippen molar-refractivity contribution in [2.75, 3.05) is 86.2 Å². The van der Waals surface area contributed by atoms with Crippen LogP contribution in [0.15, 0.2) is 0 Å². The van der Waals surface area contributed by atoms with Crippen molar-refractivity contribution in [3.8, 4) is 0 Å². The van der Waals surface area contributed by atoms with Gasteiger partial charge in [0.2, 0.25) is 0 Å². The molecule has 0 rings (SSSR count). The number of nitrogens with zero attached hydrogens (tertiary/aromatic N) is 1. The fourth-order valence-electron chi connectivity index (χ4n) is 3.34. The molecular weight excluding hydrogens is 358 g/mol. The molecule has 0 bridgehead atoms. The van der Waals surface area contributed by atoms with Gasteiger partial charge in [0.15, 0.2) is 0 Å². The molecule has 0 radical (unpaired) electrons. The highest BCUT2D eigenvalue weighted by Gasteiger charge is 2.25. The van der Waals surface area contributed by atoms with Crippen molar-refractivity contribution in [1.29, 1.82) is 0 Å². The highest BCUT2D eigenvalue weighted by molar-refractivity contribution is 4.75. The topological polar surface area (TPSA) is 49.4 Å². The molecule has 0 aromatic carbocycles. The summed E-state index contributed by atoms with van der Waals surface area (Å²) in [5, 5.41) is 0. The van der Waals surface area contributed by atoms with Crippen molar-refractivity contribution < 1.29 is 23.7 Å². The molecule has 0 spiro atoms. The number of ether oxygens (including phenoxy) is 5. The van der Waals surface area contributed by atoms with Crippen LogP contribution in [0.4, 0.5) is 0 Å². The minimum absolute atomic E-state index is 0.194. The Morgan fingerprint density at radius 3 is 1.57 bits per heavy atom. The minimum atomic E-state index is 0.194. The van der Waals surface area contributed by atoms with Gasteiger partial charge in [0.25, 0.3) is 0 Å².